The van der Waals surface area contributed by atoms with Crippen LogP contribution in [0.15, 0.2) is 42.0 Å². The summed E-state index contributed by atoms with van der Waals surface area (Å²) < 4.78 is 0. The highest BCUT2D eigenvalue weighted by Crippen LogP contribution is 2.22. The molecule has 0 aliphatic carbocycles. The van der Waals surface area contributed by atoms with E-state index in [9.17, 15) is 4.79 Å². The maximum atomic E-state index is 12.0. The first-order valence-corrected chi connectivity index (χ1v) is 11.0. The summed E-state index contributed by atoms with van der Waals surface area (Å²) in [5, 5.41) is 9.41. The molecule has 1 aromatic heterocycles. The second kappa shape index (κ2) is 11.4. The van der Waals surface area contributed by atoms with Gasteiger partial charge < -0.3 is 26.7 Å². The monoisotopic (exact) mass is 455 g/mol. The molecule has 2 aromatic rings. The van der Waals surface area contributed by atoms with Crippen LogP contribution in [0, 0.1) is 5.41 Å². The Labute approximate surface area is 194 Å². The molecule has 0 aliphatic rings. The van der Waals surface area contributed by atoms with E-state index < -0.39 is 0 Å². The second-order valence-corrected chi connectivity index (χ2v) is 8.97. The standard InChI is InChI=1S/C23H33N7OS/c1-6-15(13-26-20(24)27-14-17(31)10-11-23(3,4)5)16-8-9-18-19(12-16)29-21(28-18)30-22(32)25-7-2/h6,8-9,12-13H,1,7,10-11,14H2,2-5H3,(H3,24,26,27)(H3,25,28,29,30,32)/b15-13+. The molecule has 32 heavy (non-hydrogen) atoms. The molecule has 172 valence electrons. The van der Waals surface area contributed by atoms with Gasteiger partial charge in [-0.05, 0) is 54.2 Å². The fraction of sp³-hybridized carbons (Fsp3) is 0.391. The number of rotatable bonds is 9. The molecule has 1 aromatic carbocycles. The number of allylic oxidation sites excluding steroid dienone is 2. The van der Waals surface area contributed by atoms with Gasteiger partial charge in [0.25, 0.3) is 0 Å². The Kier molecular flexibility index (Phi) is 8.95. The highest BCUT2D eigenvalue weighted by Gasteiger charge is 2.13. The van der Waals surface area contributed by atoms with Gasteiger partial charge in [-0.1, -0.05) is 39.5 Å². The van der Waals surface area contributed by atoms with E-state index in [2.05, 4.69) is 58.3 Å². The lowest BCUT2D eigenvalue weighted by Gasteiger charge is -2.17. The number of carbonyl (C=O) groups excluding carboxylic acids is 1. The van der Waals surface area contributed by atoms with Gasteiger partial charge in [0.05, 0.1) is 17.6 Å². The molecule has 0 aliphatic heterocycles. The molecule has 0 radical (unpaired) electrons. The van der Waals surface area contributed by atoms with Crippen molar-refractivity contribution in [3.05, 3.63) is 42.6 Å². The molecule has 0 saturated carbocycles. The van der Waals surface area contributed by atoms with Crippen molar-refractivity contribution in [1.82, 2.24) is 20.6 Å². The summed E-state index contributed by atoms with van der Waals surface area (Å²) in [4.78, 5) is 23.9. The van der Waals surface area contributed by atoms with Crippen LogP contribution in [0.25, 0.3) is 16.6 Å². The van der Waals surface area contributed by atoms with E-state index in [1.165, 1.54) is 0 Å². The van der Waals surface area contributed by atoms with Crippen LogP contribution in [-0.4, -0.2) is 39.9 Å². The smallest absolute Gasteiger partial charge is 0.207 e. The number of hydrogen-bond acceptors (Lipinski definition) is 4. The van der Waals surface area contributed by atoms with Crippen LogP contribution in [0.3, 0.4) is 0 Å². The molecule has 0 unspecified atom stereocenters. The Bertz CT molecular complexity index is 1030. The topological polar surface area (TPSA) is 120 Å². The molecule has 6 N–H and O–H groups in total. The molecule has 0 atom stereocenters. The van der Waals surface area contributed by atoms with Gasteiger partial charge in [-0.3, -0.25) is 4.79 Å². The third kappa shape index (κ3) is 8.14. The van der Waals surface area contributed by atoms with Gasteiger partial charge >= 0.3 is 0 Å². The molecule has 0 saturated heterocycles. The van der Waals surface area contributed by atoms with E-state index >= 15 is 0 Å². The zero-order chi connectivity index (χ0) is 23.7. The number of H-pyrrole nitrogens is 1. The van der Waals surface area contributed by atoms with Crippen LogP contribution < -0.4 is 21.7 Å². The van der Waals surface area contributed by atoms with Crippen molar-refractivity contribution in [2.45, 2.75) is 40.5 Å². The minimum atomic E-state index is 0.105. The quantitative estimate of drug-likeness (QED) is 0.169. The lowest BCUT2D eigenvalue weighted by Crippen LogP contribution is -2.35. The summed E-state index contributed by atoms with van der Waals surface area (Å²) >= 11 is 5.19. The Morgan fingerprint density at radius 1 is 1.34 bits per heavy atom. The van der Waals surface area contributed by atoms with Gasteiger partial charge in [-0.25, -0.2) is 9.98 Å². The first-order valence-electron chi connectivity index (χ1n) is 10.6. The van der Waals surface area contributed by atoms with Crippen LogP contribution in [0.1, 0.15) is 46.1 Å². The van der Waals surface area contributed by atoms with Crippen LogP contribution in [0.4, 0.5) is 5.95 Å². The number of fused-ring (bicyclic) bond motifs is 1. The summed E-state index contributed by atoms with van der Waals surface area (Å²) in [7, 11) is 0. The van der Waals surface area contributed by atoms with E-state index in [0.29, 0.717) is 17.5 Å². The number of carbonyl (C=O) groups is 1. The van der Waals surface area contributed by atoms with Gasteiger partial charge in [0, 0.05) is 19.2 Å². The van der Waals surface area contributed by atoms with E-state index in [4.69, 9.17) is 18.0 Å². The Balaban J connectivity index is 2.05. The maximum Gasteiger partial charge on any atom is 0.207 e. The summed E-state index contributed by atoms with van der Waals surface area (Å²) in [6, 6.07) is 5.79. The van der Waals surface area contributed by atoms with Gasteiger partial charge in [0.15, 0.2) is 16.9 Å². The number of thiocarbonyl (C=S) groups is 1. The summed E-state index contributed by atoms with van der Waals surface area (Å²) in [6.07, 6.45) is 4.65. The number of nitrogens with one attached hydrogen (secondary N) is 4. The minimum absolute atomic E-state index is 0.105. The number of nitrogens with two attached hydrogens (primary N) is 1. The van der Waals surface area contributed by atoms with Gasteiger partial charge in [0.1, 0.15) is 0 Å². The number of benzene rings is 1. The normalized spacial score (nSPS) is 12.5. The van der Waals surface area contributed by atoms with Crippen LogP contribution in [-0.2, 0) is 4.79 Å². The van der Waals surface area contributed by atoms with Crippen molar-refractivity contribution >= 4 is 51.6 Å². The zero-order valence-corrected chi connectivity index (χ0v) is 20.0. The summed E-state index contributed by atoms with van der Waals surface area (Å²) in [5.41, 5.74) is 9.35. The molecular formula is C23H33N7OS. The van der Waals surface area contributed by atoms with Crippen molar-refractivity contribution in [3.63, 3.8) is 0 Å². The number of hydrogen-bond donors (Lipinski definition) is 5. The largest absolute Gasteiger partial charge is 0.370 e. The fourth-order valence-electron chi connectivity index (χ4n) is 2.78. The minimum Gasteiger partial charge on any atom is -0.370 e. The number of guanidine groups is 1. The number of aliphatic imine (C=N–C) groups is 1. The number of nitrogens with zero attached hydrogens (tertiary/aromatic N) is 2. The van der Waals surface area contributed by atoms with Crippen molar-refractivity contribution in [3.8, 4) is 0 Å². The number of imidazole rings is 1. The molecule has 9 heteroatoms. The van der Waals surface area contributed by atoms with Gasteiger partial charge in [-0.15, -0.1) is 0 Å². The Morgan fingerprint density at radius 2 is 2.09 bits per heavy atom. The van der Waals surface area contributed by atoms with Crippen LogP contribution in [0.2, 0.25) is 0 Å². The molecule has 0 amide bonds. The SMILES string of the molecule is C=C/C(=C\N=C(/N)NCC(=O)CCC(C)(C)C)c1ccc2[nH]c(NC(=S)NCC)nc2c1. The average Bonchev–Trinajstić information content (AvgIpc) is 3.12. The van der Waals surface area contributed by atoms with Crippen molar-refractivity contribution < 1.29 is 4.79 Å². The Hall–Kier alpha value is -3.20. The number of ketones is 1. The first kappa shape index (κ1) is 25.1. The number of anilines is 1. The van der Waals surface area contributed by atoms with E-state index in [0.717, 1.165) is 35.1 Å². The maximum absolute atomic E-state index is 12.0. The molecule has 0 fully saturated rings. The fourth-order valence-corrected chi connectivity index (χ4v) is 3.02. The van der Waals surface area contributed by atoms with Crippen LogP contribution in [0.5, 0.6) is 0 Å². The number of aromatic amines is 1. The molecule has 1 heterocycles. The first-order chi connectivity index (χ1) is 15.1. The molecule has 8 nitrogen and oxygen atoms in total. The summed E-state index contributed by atoms with van der Waals surface area (Å²) in [6.45, 7) is 13.1. The van der Waals surface area contributed by atoms with Crippen molar-refractivity contribution in [2.24, 2.45) is 16.1 Å². The van der Waals surface area contributed by atoms with Crippen LogP contribution >= 0.6 is 12.2 Å². The van der Waals surface area contributed by atoms with Gasteiger partial charge in [0.2, 0.25) is 5.95 Å². The Morgan fingerprint density at radius 3 is 2.75 bits per heavy atom. The van der Waals surface area contributed by atoms with Crippen molar-refractivity contribution in [1.29, 1.82) is 0 Å². The third-order valence-corrected chi connectivity index (χ3v) is 4.82. The predicted octanol–water partition coefficient (Wildman–Crippen LogP) is 3.70. The molecular weight excluding hydrogens is 422 g/mol. The number of Topliss-reactive ketones (excluding diaryl/α,β-unsaturated/α-hetero) is 1. The molecule has 2 rings (SSSR count). The van der Waals surface area contributed by atoms with E-state index in [1.807, 2.05) is 25.1 Å². The lowest BCUT2D eigenvalue weighted by molar-refractivity contribution is -0.118. The predicted molar refractivity (Wildman–Crippen MR) is 137 cm³/mol. The zero-order valence-electron chi connectivity index (χ0n) is 19.2. The highest BCUT2D eigenvalue weighted by molar-refractivity contribution is 7.80. The van der Waals surface area contributed by atoms with Gasteiger partial charge in [-0.2, -0.15) is 0 Å². The highest BCUT2D eigenvalue weighted by atomic mass is 32.1. The molecule has 0 bridgehead atoms. The van der Waals surface area contributed by atoms with Crippen molar-refractivity contribution in [2.75, 3.05) is 18.4 Å². The lowest BCUT2D eigenvalue weighted by atomic mass is 9.89. The average molecular weight is 456 g/mol. The van der Waals surface area contributed by atoms with E-state index in [-0.39, 0.29) is 23.7 Å². The molecule has 0 spiro atoms. The number of aromatic nitrogens is 2. The summed E-state index contributed by atoms with van der Waals surface area (Å²) in [5.74, 6) is 0.848. The second-order valence-electron chi connectivity index (χ2n) is 8.56. The third-order valence-electron chi connectivity index (χ3n) is 4.57. The van der Waals surface area contributed by atoms with E-state index in [1.54, 1.807) is 12.3 Å².